The number of rotatable bonds is 11. The number of ether oxygens (including phenoxy) is 1. The number of para-hydroxylation sites is 1. The molecule has 0 bridgehead atoms. The maximum absolute atomic E-state index is 12.9. The van der Waals surface area contributed by atoms with Crippen LogP contribution in [0.1, 0.15) is 47.7 Å². The summed E-state index contributed by atoms with van der Waals surface area (Å²) in [7, 11) is 1.66. The SMILES string of the molecule is CCCCC(=O)N(CCc1ccccc1OC)Cc1ccc(-c2ccc(C(=O)[O-])cc2)cc1.[Na+]. The molecule has 6 heteroatoms. The summed E-state index contributed by atoms with van der Waals surface area (Å²) in [6.07, 6.45) is 3.14. The number of hydrogen-bond acceptors (Lipinski definition) is 4. The maximum atomic E-state index is 12.9. The summed E-state index contributed by atoms with van der Waals surface area (Å²) in [5.41, 5.74) is 4.21. The number of carbonyl (C=O) groups excluding carboxylic acids is 2. The largest absolute Gasteiger partial charge is 1.00 e. The van der Waals surface area contributed by atoms with E-state index in [1.807, 2.05) is 53.4 Å². The van der Waals surface area contributed by atoms with Crippen LogP contribution >= 0.6 is 0 Å². The molecule has 172 valence electrons. The van der Waals surface area contributed by atoms with Crippen molar-refractivity contribution in [1.82, 2.24) is 4.90 Å². The van der Waals surface area contributed by atoms with E-state index < -0.39 is 5.97 Å². The average Bonchev–Trinajstić information content (AvgIpc) is 2.85. The second kappa shape index (κ2) is 14.0. The second-order valence-corrected chi connectivity index (χ2v) is 8.04. The molecule has 0 aliphatic carbocycles. The van der Waals surface area contributed by atoms with Gasteiger partial charge in [-0.2, -0.15) is 0 Å². The molecule has 0 aliphatic heterocycles. The van der Waals surface area contributed by atoms with Gasteiger partial charge in [0.05, 0.1) is 13.1 Å². The van der Waals surface area contributed by atoms with Crippen LogP contribution in [0.5, 0.6) is 5.75 Å². The number of carboxylic acids is 1. The maximum Gasteiger partial charge on any atom is 1.00 e. The molecule has 34 heavy (non-hydrogen) atoms. The zero-order chi connectivity index (χ0) is 23.6. The number of amides is 1. The zero-order valence-electron chi connectivity index (χ0n) is 20.3. The van der Waals surface area contributed by atoms with Crippen molar-refractivity contribution < 1.29 is 49.0 Å². The van der Waals surface area contributed by atoms with Crippen molar-refractivity contribution in [3.8, 4) is 16.9 Å². The molecule has 5 nitrogen and oxygen atoms in total. The quantitative estimate of drug-likeness (QED) is 0.401. The van der Waals surface area contributed by atoms with Crippen LogP contribution in [-0.4, -0.2) is 30.4 Å². The number of benzene rings is 3. The first-order valence-corrected chi connectivity index (χ1v) is 11.3. The third-order valence-corrected chi connectivity index (χ3v) is 5.72. The molecule has 0 unspecified atom stereocenters. The molecular weight excluding hydrogens is 437 g/mol. The average molecular weight is 468 g/mol. The van der Waals surface area contributed by atoms with E-state index in [1.54, 1.807) is 31.4 Å². The van der Waals surface area contributed by atoms with Crippen molar-refractivity contribution in [3.05, 3.63) is 89.5 Å². The molecule has 0 radical (unpaired) electrons. The van der Waals surface area contributed by atoms with Gasteiger partial charge in [-0.15, -0.1) is 0 Å². The Hall–Kier alpha value is -2.60. The minimum Gasteiger partial charge on any atom is -0.545 e. The second-order valence-electron chi connectivity index (χ2n) is 8.04. The van der Waals surface area contributed by atoms with E-state index in [4.69, 9.17) is 4.74 Å². The molecule has 0 atom stereocenters. The Morgan fingerprint density at radius 1 is 0.912 bits per heavy atom. The van der Waals surface area contributed by atoms with Gasteiger partial charge in [0, 0.05) is 19.5 Å². The predicted octanol–water partition coefficient (Wildman–Crippen LogP) is 1.49. The minimum atomic E-state index is -1.18. The first-order chi connectivity index (χ1) is 16.0. The van der Waals surface area contributed by atoms with Gasteiger partial charge in [-0.05, 0) is 46.7 Å². The third kappa shape index (κ3) is 7.73. The smallest absolute Gasteiger partial charge is 0.545 e. The van der Waals surface area contributed by atoms with Crippen LogP contribution in [-0.2, 0) is 17.8 Å². The fourth-order valence-electron chi connectivity index (χ4n) is 3.76. The molecule has 0 saturated heterocycles. The Balaban J connectivity index is 0.00000408. The first-order valence-electron chi connectivity index (χ1n) is 11.3. The first kappa shape index (κ1) is 27.6. The van der Waals surface area contributed by atoms with Gasteiger partial charge < -0.3 is 19.5 Å². The standard InChI is InChI=1S/C28H31NO4.Na/c1-3-4-9-27(30)29(19-18-24-7-5-6-8-26(24)33-2)20-21-10-12-22(13-11-21)23-14-16-25(17-15-23)28(31)32;/h5-8,10-17H,3-4,9,18-20H2,1-2H3,(H,31,32);/q;+1/p-1. The molecule has 0 spiro atoms. The van der Waals surface area contributed by atoms with Gasteiger partial charge >= 0.3 is 29.6 Å². The Morgan fingerprint density at radius 2 is 1.53 bits per heavy atom. The molecule has 0 saturated carbocycles. The summed E-state index contributed by atoms with van der Waals surface area (Å²) in [6.45, 7) is 3.25. The normalized spacial score (nSPS) is 10.3. The monoisotopic (exact) mass is 467 g/mol. The number of methoxy groups -OCH3 is 1. The number of carbonyl (C=O) groups is 2. The number of carboxylic acid groups (broad SMARTS) is 1. The fourth-order valence-corrected chi connectivity index (χ4v) is 3.76. The van der Waals surface area contributed by atoms with E-state index in [2.05, 4.69) is 6.92 Å². The van der Waals surface area contributed by atoms with E-state index in [-0.39, 0.29) is 41.0 Å². The van der Waals surface area contributed by atoms with Crippen molar-refractivity contribution in [1.29, 1.82) is 0 Å². The molecular formula is C28H30NNaO4. The summed E-state index contributed by atoms with van der Waals surface area (Å²) in [5, 5.41) is 10.9. The van der Waals surface area contributed by atoms with Gasteiger partial charge in [-0.1, -0.05) is 80.1 Å². The van der Waals surface area contributed by atoms with Gasteiger partial charge in [0.25, 0.3) is 0 Å². The van der Waals surface area contributed by atoms with Gasteiger partial charge in [0.15, 0.2) is 0 Å². The number of hydrogen-bond donors (Lipinski definition) is 0. The molecule has 3 aromatic rings. The molecule has 0 fully saturated rings. The predicted molar refractivity (Wildman–Crippen MR) is 128 cm³/mol. The Bertz CT molecular complexity index is 1060. The van der Waals surface area contributed by atoms with Crippen LogP contribution in [0.3, 0.4) is 0 Å². The Labute approximate surface area is 224 Å². The molecule has 0 aliphatic rings. The Morgan fingerprint density at radius 3 is 2.12 bits per heavy atom. The summed E-state index contributed by atoms with van der Waals surface area (Å²) >= 11 is 0. The number of unbranched alkanes of at least 4 members (excludes halogenated alkanes) is 1. The van der Waals surface area contributed by atoms with Crippen LogP contribution in [0.15, 0.2) is 72.8 Å². The fraction of sp³-hybridized carbons (Fsp3) is 0.286. The van der Waals surface area contributed by atoms with Crippen LogP contribution < -0.4 is 39.4 Å². The topological polar surface area (TPSA) is 69.7 Å². The zero-order valence-corrected chi connectivity index (χ0v) is 22.3. The summed E-state index contributed by atoms with van der Waals surface area (Å²) in [5.74, 6) is -0.181. The van der Waals surface area contributed by atoms with Crippen molar-refractivity contribution >= 4 is 11.9 Å². The van der Waals surface area contributed by atoms with Crippen molar-refractivity contribution in [2.24, 2.45) is 0 Å². The third-order valence-electron chi connectivity index (χ3n) is 5.72. The molecule has 3 aromatic carbocycles. The van der Waals surface area contributed by atoms with Gasteiger partial charge in [0.2, 0.25) is 5.91 Å². The van der Waals surface area contributed by atoms with Crippen molar-refractivity contribution in [3.63, 3.8) is 0 Å². The van der Waals surface area contributed by atoms with Crippen LogP contribution in [0, 0.1) is 0 Å². The van der Waals surface area contributed by atoms with Gasteiger partial charge in [0.1, 0.15) is 5.75 Å². The molecule has 0 aromatic heterocycles. The minimum absolute atomic E-state index is 0. The van der Waals surface area contributed by atoms with Crippen molar-refractivity contribution in [2.45, 2.75) is 39.2 Å². The summed E-state index contributed by atoms with van der Waals surface area (Å²) < 4.78 is 5.46. The van der Waals surface area contributed by atoms with Crippen LogP contribution in [0.4, 0.5) is 0 Å². The molecule has 0 heterocycles. The summed E-state index contributed by atoms with van der Waals surface area (Å²) in [6, 6.07) is 22.6. The van der Waals surface area contributed by atoms with E-state index in [0.29, 0.717) is 19.5 Å². The van der Waals surface area contributed by atoms with E-state index in [1.165, 1.54) is 0 Å². The number of nitrogens with zero attached hydrogens (tertiary/aromatic N) is 1. The molecule has 0 N–H and O–H groups in total. The van der Waals surface area contributed by atoms with E-state index in [9.17, 15) is 14.7 Å². The van der Waals surface area contributed by atoms with Crippen LogP contribution in [0.2, 0.25) is 0 Å². The van der Waals surface area contributed by atoms with Gasteiger partial charge in [-0.3, -0.25) is 4.79 Å². The van der Waals surface area contributed by atoms with Gasteiger partial charge in [-0.25, -0.2) is 0 Å². The number of aromatic carboxylic acids is 1. The molecule has 3 rings (SSSR count). The van der Waals surface area contributed by atoms with E-state index in [0.717, 1.165) is 47.3 Å². The van der Waals surface area contributed by atoms with Crippen LogP contribution in [0.25, 0.3) is 11.1 Å². The Kier molecular flexibility index (Phi) is 11.3. The van der Waals surface area contributed by atoms with Crippen molar-refractivity contribution in [2.75, 3.05) is 13.7 Å². The summed E-state index contributed by atoms with van der Waals surface area (Å²) in [4.78, 5) is 25.8. The van der Waals surface area contributed by atoms with E-state index >= 15 is 0 Å². The molecule has 1 amide bonds.